The highest BCUT2D eigenvalue weighted by molar-refractivity contribution is 6.29. The molecule has 0 aliphatic rings. The van der Waals surface area contributed by atoms with E-state index in [9.17, 15) is 5.11 Å². The van der Waals surface area contributed by atoms with E-state index < -0.39 is 0 Å². The molecule has 1 N–H and O–H groups in total. The number of hydrogen-bond donors (Lipinski definition) is 1. The molecule has 3 rings (SSSR count). The van der Waals surface area contributed by atoms with Gasteiger partial charge in [-0.25, -0.2) is 4.98 Å². The molecule has 94 valence electrons. The third-order valence-electron chi connectivity index (χ3n) is 2.86. The molecule has 3 nitrogen and oxygen atoms in total. The molecule has 0 aliphatic carbocycles. The predicted molar refractivity (Wildman–Crippen MR) is 75.7 cm³/mol. The van der Waals surface area contributed by atoms with E-state index in [4.69, 9.17) is 11.6 Å². The van der Waals surface area contributed by atoms with Crippen LogP contribution >= 0.6 is 11.6 Å². The highest BCUT2D eigenvalue weighted by Crippen LogP contribution is 2.30. The second-order valence-electron chi connectivity index (χ2n) is 4.11. The second-order valence-corrected chi connectivity index (χ2v) is 4.50. The molecule has 0 bridgehead atoms. The standard InChI is InChI=1S/C15H11ClN2O/c16-14-10-18(11-6-2-1-3-7-11)15(17-14)12-8-4-5-9-13(12)19/h1-10,19H. The van der Waals surface area contributed by atoms with Crippen molar-refractivity contribution in [1.82, 2.24) is 9.55 Å². The second kappa shape index (κ2) is 4.78. The van der Waals surface area contributed by atoms with Crippen molar-refractivity contribution in [2.45, 2.75) is 0 Å². The molecule has 0 fully saturated rings. The van der Waals surface area contributed by atoms with Gasteiger partial charge < -0.3 is 5.11 Å². The number of para-hydroxylation sites is 2. The summed E-state index contributed by atoms with van der Waals surface area (Å²) >= 11 is 6.00. The Morgan fingerprint density at radius 3 is 2.37 bits per heavy atom. The zero-order valence-electron chi connectivity index (χ0n) is 9.99. The average Bonchev–Trinajstić information content (AvgIpc) is 2.82. The molecule has 0 radical (unpaired) electrons. The van der Waals surface area contributed by atoms with Gasteiger partial charge in [-0.15, -0.1) is 0 Å². The van der Waals surface area contributed by atoms with Crippen LogP contribution in [0.5, 0.6) is 5.75 Å². The number of hydrogen-bond acceptors (Lipinski definition) is 2. The van der Waals surface area contributed by atoms with E-state index in [1.807, 2.05) is 47.0 Å². The van der Waals surface area contributed by atoms with Gasteiger partial charge in [0.15, 0.2) is 0 Å². The first-order chi connectivity index (χ1) is 9.25. The summed E-state index contributed by atoms with van der Waals surface area (Å²) in [7, 11) is 0. The molecule has 0 spiro atoms. The van der Waals surface area contributed by atoms with E-state index >= 15 is 0 Å². The number of phenols is 1. The summed E-state index contributed by atoms with van der Waals surface area (Å²) in [5, 5.41) is 10.3. The molecule has 0 saturated carbocycles. The van der Waals surface area contributed by atoms with Crippen LogP contribution in [0.25, 0.3) is 17.1 Å². The van der Waals surface area contributed by atoms with E-state index in [-0.39, 0.29) is 5.75 Å². The molecular weight excluding hydrogens is 260 g/mol. The maximum absolute atomic E-state index is 9.95. The summed E-state index contributed by atoms with van der Waals surface area (Å²) in [6, 6.07) is 16.8. The highest BCUT2D eigenvalue weighted by atomic mass is 35.5. The van der Waals surface area contributed by atoms with Crippen molar-refractivity contribution in [1.29, 1.82) is 0 Å². The maximum Gasteiger partial charge on any atom is 0.150 e. The van der Waals surface area contributed by atoms with Gasteiger partial charge in [0.25, 0.3) is 0 Å². The Hall–Kier alpha value is -2.26. The number of benzene rings is 2. The molecule has 1 heterocycles. The fraction of sp³-hybridized carbons (Fsp3) is 0. The number of aromatic hydroxyl groups is 1. The van der Waals surface area contributed by atoms with Gasteiger partial charge in [-0.05, 0) is 24.3 Å². The first-order valence-electron chi connectivity index (χ1n) is 5.84. The molecule has 0 unspecified atom stereocenters. The van der Waals surface area contributed by atoms with Crippen molar-refractivity contribution in [2.24, 2.45) is 0 Å². The van der Waals surface area contributed by atoms with Crippen LogP contribution in [-0.4, -0.2) is 14.7 Å². The molecule has 1 aromatic heterocycles. The summed E-state index contributed by atoms with van der Waals surface area (Å²) in [5.41, 5.74) is 1.60. The number of aromatic nitrogens is 2. The van der Waals surface area contributed by atoms with Crippen LogP contribution < -0.4 is 0 Å². The van der Waals surface area contributed by atoms with E-state index in [0.717, 1.165) is 5.69 Å². The molecule has 0 amide bonds. The Kier molecular flexibility index (Phi) is 2.97. The van der Waals surface area contributed by atoms with Crippen molar-refractivity contribution in [2.75, 3.05) is 0 Å². The van der Waals surface area contributed by atoms with Crippen LogP contribution in [-0.2, 0) is 0 Å². The van der Waals surface area contributed by atoms with Crippen LogP contribution in [0.3, 0.4) is 0 Å². The topological polar surface area (TPSA) is 38.1 Å². The minimum Gasteiger partial charge on any atom is -0.507 e. The van der Waals surface area contributed by atoms with Gasteiger partial charge in [0.1, 0.15) is 16.7 Å². The molecule has 3 aromatic rings. The highest BCUT2D eigenvalue weighted by Gasteiger charge is 2.13. The zero-order valence-corrected chi connectivity index (χ0v) is 10.7. The lowest BCUT2D eigenvalue weighted by molar-refractivity contribution is 0.477. The van der Waals surface area contributed by atoms with Crippen LogP contribution in [0.2, 0.25) is 5.15 Å². The fourth-order valence-electron chi connectivity index (χ4n) is 1.99. The van der Waals surface area contributed by atoms with Gasteiger partial charge in [-0.2, -0.15) is 0 Å². The van der Waals surface area contributed by atoms with Crippen LogP contribution in [0.1, 0.15) is 0 Å². The van der Waals surface area contributed by atoms with Crippen molar-refractivity contribution in [3.05, 3.63) is 65.9 Å². The summed E-state index contributed by atoms with van der Waals surface area (Å²) in [4.78, 5) is 4.29. The Labute approximate surface area is 115 Å². The zero-order chi connectivity index (χ0) is 13.2. The van der Waals surface area contributed by atoms with Gasteiger partial charge in [0.05, 0.1) is 5.56 Å². The Balaban J connectivity index is 2.21. The smallest absolute Gasteiger partial charge is 0.150 e. The van der Waals surface area contributed by atoms with Gasteiger partial charge in [0.2, 0.25) is 0 Å². The maximum atomic E-state index is 9.95. The molecule has 0 aliphatic heterocycles. The van der Waals surface area contributed by atoms with Crippen molar-refractivity contribution < 1.29 is 5.11 Å². The number of rotatable bonds is 2. The molecule has 19 heavy (non-hydrogen) atoms. The van der Waals surface area contributed by atoms with Crippen LogP contribution in [0.4, 0.5) is 0 Å². The third-order valence-corrected chi connectivity index (χ3v) is 3.04. The lowest BCUT2D eigenvalue weighted by Crippen LogP contribution is -1.95. The van der Waals surface area contributed by atoms with E-state index in [2.05, 4.69) is 4.98 Å². The number of imidazole rings is 1. The minimum absolute atomic E-state index is 0.182. The molecule has 0 saturated heterocycles. The van der Waals surface area contributed by atoms with Gasteiger partial charge in [-0.1, -0.05) is 41.9 Å². The van der Waals surface area contributed by atoms with E-state index in [0.29, 0.717) is 16.5 Å². The molecule has 4 heteroatoms. The van der Waals surface area contributed by atoms with Crippen molar-refractivity contribution in [3.63, 3.8) is 0 Å². The first kappa shape index (κ1) is 11.8. The van der Waals surface area contributed by atoms with E-state index in [1.54, 1.807) is 18.3 Å². The van der Waals surface area contributed by atoms with E-state index in [1.165, 1.54) is 0 Å². The Morgan fingerprint density at radius 2 is 1.63 bits per heavy atom. The normalized spacial score (nSPS) is 10.6. The van der Waals surface area contributed by atoms with Crippen molar-refractivity contribution in [3.8, 4) is 22.8 Å². The Bertz CT molecular complexity index is 707. The van der Waals surface area contributed by atoms with Crippen molar-refractivity contribution >= 4 is 11.6 Å². The van der Waals surface area contributed by atoms with Crippen LogP contribution in [0.15, 0.2) is 60.8 Å². The minimum atomic E-state index is 0.182. The number of nitrogens with zero attached hydrogens (tertiary/aromatic N) is 2. The molecule has 0 atom stereocenters. The number of halogens is 1. The number of phenolic OH excluding ortho intramolecular Hbond substituents is 1. The largest absolute Gasteiger partial charge is 0.507 e. The SMILES string of the molecule is Oc1ccccc1-c1nc(Cl)cn1-c1ccccc1. The van der Waals surface area contributed by atoms with Gasteiger partial charge in [0, 0.05) is 11.9 Å². The lowest BCUT2D eigenvalue weighted by Gasteiger charge is -2.08. The summed E-state index contributed by atoms with van der Waals surface area (Å²) in [6.07, 6.45) is 1.73. The summed E-state index contributed by atoms with van der Waals surface area (Å²) < 4.78 is 1.86. The van der Waals surface area contributed by atoms with Crippen LogP contribution in [0, 0.1) is 0 Å². The Morgan fingerprint density at radius 1 is 0.947 bits per heavy atom. The molecular formula is C15H11ClN2O. The summed E-state index contributed by atoms with van der Waals surface area (Å²) in [6.45, 7) is 0. The summed E-state index contributed by atoms with van der Waals surface area (Å²) in [5.74, 6) is 0.802. The van der Waals surface area contributed by atoms with Gasteiger partial charge >= 0.3 is 0 Å². The monoisotopic (exact) mass is 270 g/mol. The molecule has 2 aromatic carbocycles. The third kappa shape index (κ3) is 2.20. The average molecular weight is 271 g/mol. The predicted octanol–water partition coefficient (Wildman–Crippen LogP) is 3.90. The van der Waals surface area contributed by atoms with Gasteiger partial charge in [-0.3, -0.25) is 4.57 Å². The lowest BCUT2D eigenvalue weighted by atomic mass is 10.2. The first-order valence-corrected chi connectivity index (χ1v) is 6.22. The fourth-order valence-corrected chi connectivity index (χ4v) is 2.17. The quantitative estimate of drug-likeness (QED) is 0.767.